The summed E-state index contributed by atoms with van der Waals surface area (Å²) in [4.78, 5) is 29.9. The molecule has 2 aromatic rings. The maximum absolute atomic E-state index is 12.4. The topological polar surface area (TPSA) is 77.2 Å². The zero-order chi connectivity index (χ0) is 17.1. The van der Waals surface area contributed by atoms with Gasteiger partial charge in [0.25, 0.3) is 0 Å². The van der Waals surface area contributed by atoms with E-state index in [1.807, 2.05) is 0 Å². The maximum Gasteiger partial charge on any atom is 0.319 e. The molecule has 1 aromatic carbocycles. The number of fused-ring (bicyclic) bond motifs is 1. The van der Waals surface area contributed by atoms with Crippen molar-refractivity contribution in [3.05, 3.63) is 39.6 Å². The second-order valence-corrected chi connectivity index (χ2v) is 6.42. The van der Waals surface area contributed by atoms with Gasteiger partial charge in [0.2, 0.25) is 5.43 Å². The van der Waals surface area contributed by atoms with Crippen LogP contribution in [0.5, 0.6) is 0 Å². The van der Waals surface area contributed by atoms with Gasteiger partial charge in [0, 0.05) is 29.2 Å². The van der Waals surface area contributed by atoms with Crippen LogP contribution in [0.2, 0.25) is 5.02 Å². The number of hydrogen-bond donors (Lipinski definition) is 3. The van der Waals surface area contributed by atoms with E-state index < -0.39 is 0 Å². The normalized spacial score (nSPS) is 18.0. The number of nitrogens with one attached hydrogen (secondary N) is 3. The van der Waals surface area contributed by atoms with Crippen LogP contribution < -0.4 is 16.1 Å². The molecular formula is C17H21ClN4O2. The molecule has 1 aliphatic rings. The van der Waals surface area contributed by atoms with E-state index in [1.165, 1.54) is 6.20 Å². The van der Waals surface area contributed by atoms with Crippen molar-refractivity contribution < 1.29 is 4.79 Å². The van der Waals surface area contributed by atoms with E-state index in [4.69, 9.17) is 11.6 Å². The molecule has 7 heteroatoms. The monoisotopic (exact) mass is 348 g/mol. The fourth-order valence-corrected chi connectivity index (χ4v) is 3.38. The smallest absolute Gasteiger partial charge is 0.319 e. The molecule has 0 aliphatic carbocycles. The number of benzene rings is 1. The minimum Gasteiger partial charge on any atom is -0.359 e. The van der Waals surface area contributed by atoms with E-state index in [1.54, 1.807) is 18.2 Å². The lowest BCUT2D eigenvalue weighted by Crippen LogP contribution is -2.41. The van der Waals surface area contributed by atoms with Gasteiger partial charge in [0.15, 0.2) is 0 Å². The van der Waals surface area contributed by atoms with E-state index in [0.29, 0.717) is 28.5 Å². The van der Waals surface area contributed by atoms with Crippen molar-refractivity contribution in [1.82, 2.24) is 15.2 Å². The Morgan fingerprint density at radius 3 is 3.08 bits per heavy atom. The van der Waals surface area contributed by atoms with Crippen LogP contribution in [0.25, 0.3) is 10.9 Å². The third kappa shape index (κ3) is 3.55. The highest BCUT2D eigenvalue weighted by molar-refractivity contribution is 6.31. The van der Waals surface area contributed by atoms with Gasteiger partial charge in [0.1, 0.15) is 5.69 Å². The number of anilines is 1. The number of rotatable bonds is 4. The van der Waals surface area contributed by atoms with Crippen LogP contribution in [0.4, 0.5) is 10.5 Å². The molecule has 1 fully saturated rings. The molecule has 1 aliphatic heterocycles. The second-order valence-electron chi connectivity index (χ2n) is 5.98. The van der Waals surface area contributed by atoms with Crippen molar-refractivity contribution >= 4 is 34.2 Å². The molecule has 2 amide bonds. The number of carbonyl (C=O) groups is 1. The Hall–Kier alpha value is -2.05. The lowest BCUT2D eigenvalue weighted by Gasteiger charge is -2.22. The molecule has 3 rings (SSSR count). The summed E-state index contributed by atoms with van der Waals surface area (Å²) in [7, 11) is 0. The molecule has 0 unspecified atom stereocenters. The number of nitrogens with zero attached hydrogens (tertiary/aromatic N) is 1. The van der Waals surface area contributed by atoms with Gasteiger partial charge in [-0.3, -0.25) is 9.69 Å². The minimum absolute atomic E-state index is 0.223. The molecule has 6 nitrogen and oxygen atoms in total. The molecule has 2 heterocycles. The van der Waals surface area contributed by atoms with E-state index >= 15 is 0 Å². The summed E-state index contributed by atoms with van der Waals surface area (Å²) in [6, 6.07) is 5.00. The minimum atomic E-state index is -0.364. The SMILES string of the molecule is CCN1CCC[C@H]1CNC(=O)Nc1c[nH]c2cc(Cl)ccc2c1=O. The van der Waals surface area contributed by atoms with Crippen LogP contribution in [0.3, 0.4) is 0 Å². The third-order valence-corrected chi connectivity index (χ3v) is 4.73. The molecular weight excluding hydrogens is 328 g/mol. The molecule has 128 valence electrons. The maximum atomic E-state index is 12.4. The number of carbonyl (C=O) groups excluding carboxylic acids is 1. The van der Waals surface area contributed by atoms with Crippen molar-refractivity contribution in [2.75, 3.05) is 25.0 Å². The Labute approximate surface area is 145 Å². The Morgan fingerprint density at radius 1 is 1.46 bits per heavy atom. The number of pyridine rings is 1. The summed E-state index contributed by atoms with van der Waals surface area (Å²) in [6.45, 7) is 4.78. The number of H-pyrrole nitrogens is 1. The van der Waals surface area contributed by atoms with Crippen LogP contribution in [0.1, 0.15) is 19.8 Å². The van der Waals surface area contributed by atoms with Gasteiger partial charge in [-0.2, -0.15) is 0 Å². The first-order valence-corrected chi connectivity index (χ1v) is 8.56. The lowest BCUT2D eigenvalue weighted by molar-refractivity contribution is 0.238. The molecule has 0 saturated carbocycles. The van der Waals surface area contributed by atoms with Gasteiger partial charge >= 0.3 is 6.03 Å². The summed E-state index contributed by atoms with van der Waals surface area (Å²) in [6.07, 6.45) is 3.74. The predicted molar refractivity (Wildman–Crippen MR) is 96.9 cm³/mol. The van der Waals surface area contributed by atoms with E-state index in [9.17, 15) is 9.59 Å². The standard InChI is InChI=1S/C17H21ClN4O2/c1-2-22-7-3-4-12(22)9-20-17(24)21-15-10-19-14-8-11(18)5-6-13(14)16(15)23/h5-6,8,10,12H,2-4,7,9H2,1H3,(H,19,23)(H2,20,21,24)/t12-/m0/s1. The van der Waals surface area contributed by atoms with Crippen LogP contribution in [-0.4, -0.2) is 41.6 Å². The molecule has 24 heavy (non-hydrogen) atoms. The highest BCUT2D eigenvalue weighted by Gasteiger charge is 2.23. The quantitative estimate of drug-likeness (QED) is 0.795. The largest absolute Gasteiger partial charge is 0.359 e. The van der Waals surface area contributed by atoms with Crippen molar-refractivity contribution in [3.63, 3.8) is 0 Å². The summed E-state index contributed by atoms with van der Waals surface area (Å²) in [5.41, 5.74) is 0.635. The van der Waals surface area contributed by atoms with E-state index in [-0.39, 0.29) is 17.1 Å². The molecule has 3 N–H and O–H groups in total. The number of amides is 2. The van der Waals surface area contributed by atoms with Gasteiger partial charge in [0.05, 0.1) is 5.52 Å². The highest BCUT2D eigenvalue weighted by Crippen LogP contribution is 2.17. The van der Waals surface area contributed by atoms with Crippen LogP contribution >= 0.6 is 11.6 Å². The summed E-state index contributed by atoms with van der Waals surface area (Å²) >= 11 is 5.92. The second kappa shape index (κ2) is 7.23. The van der Waals surface area contributed by atoms with Crippen molar-refractivity contribution in [1.29, 1.82) is 0 Å². The first kappa shape index (κ1) is 16.8. The van der Waals surface area contributed by atoms with Gasteiger partial charge in [-0.05, 0) is 44.1 Å². The Bertz CT molecular complexity index is 805. The number of urea groups is 1. The van der Waals surface area contributed by atoms with Gasteiger partial charge in [-0.1, -0.05) is 18.5 Å². The number of aromatic nitrogens is 1. The van der Waals surface area contributed by atoms with Crippen molar-refractivity contribution in [2.24, 2.45) is 0 Å². The van der Waals surface area contributed by atoms with E-state index in [0.717, 1.165) is 25.9 Å². The van der Waals surface area contributed by atoms with Crippen LogP contribution in [0, 0.1) is 0 Å². The molecule has 1 saturated heterocycles. The van der Waals surface area contributed by atoms with Crippen LogP contribution in [-0.2, 0) is 0 Å². The summed E-state index contributed by atoms with van der Waals surface area (Å²) in [5, 5.41) is 6.53. The first-order valence-electron chi connectivity index (χ1n) is 8.18. The lowest BCUT2D eigenvalue weighted by atomic mass is 10.2. The average molecular weight is 349 g/mol. The van der Waals surface area contributed by atoms with Gasteiger partial charge in [-0.25, -0.2) is 4.79 Å². The van der Waals surface area contributed by atoms with Gasteiger partial charge in [-0.15, -0.1) is 0 Å². The summed E-state index contributed by atoms with van der Waals surface area (Å²) in [5.74, 6) is 0. The van der Waals surface area contributed by atoms with Crippen LogP contribution in [0.15, 0.2) is 29.2 Å². The number of halogens is 1. The first-order chi connectivity index (χ1) is 11.6. The van der Waals surface area contributed by atoms with Crippen molar-refractivity contribution in [3.8, 4) is 0 Å². The molecule has 1 atom stereocenters. The molecule has 0 spiro atoms. The Kier molecular flexibility index (Phi) is 5.06. The highest BCUT2D eigenvalue weighted by atomic mass is 35.5. The Morgan fingerprint density at radius 2 is 2.29 bits per heavy atom. The fraction of sp³-hybridized carbons (Fsp3) is 0.412. The Balaban J connectivity index is 1.66. The summed E-state index contributed by atoms with van der Waals surface area (Å²) < 4.78 is 0. The third-order valence-electron chi connectivity index (χ3n) is 4.49. The van der Waals surface area contributed by atoms with Crippen molar-refractivity contribution in [2.45, 2.75) is 25.8 Å². The number of likely N-dealkylation sites (N-methyl/N-ethyl adjacent to an activating group) is 1. The number of likely N-dealkylation sites (tertiary alicyclic amines) is 1. The zero-order valence-electron chi connectivity index (χ0n) is 13.6. The fourth-order valence-electron chi connectivity index (χ4n) is 3.21. The molecule has 0 bridgehead atoms. The number of aromatic amines is 1. The predicted octanol–water partition coefficient (Wildman–Crippen LogP) is 2.79. The van der Waals surface area contributed by atoms with Gasteiger partial charge < -0.3 is 15.6 Å². The molecule has 0 radical (unpaired) electrons. The molecule has 1 aromatic heterocycles. The average Bonchev–Trinajstić information content (AvgIpc) is 3.03. The van der Waals surface area contributed by atoms with E-state index in [2.05, 4.69) is 27.4 Å². The zero-order valence-corrected chi connectivity index (χ0v) is 14.3. The number of hydrogen-bond acceptors (Lipinski definition) is 3.